The topological polar surface area (TPSA) is 30.8 Å². The Morgan fingerprint density at radius 1 is 1.00 bits per heavy atom. The molecular formula is C26H35IN2O2. The maximum atomic E-state index is 6.49. The minimum Gasteiger partial charge on any atom is -1.00 e. The highest BCUT2D eigenvalue weighted by Crippen LogP contribution is 2.50. The molecule has 5 heteroatoms. The van der Waals surface area contributed by atoms with Crippen LogP contribution < -0.4 is 33.5 Å². The summed E-state index contributed by atoms with van der Waals surface area (Å²) in [6.45, 7) is 9.65. The normalized spacial score (nSPS) is 18.3. The minimum absolute atomic E-state index is 0. The van der Waals surface area contributed by atoms with Crippen LogP contribution in [0.15, 0.2) is 35.3 Å². The van der Waals surface area contributed by atoms with Gasteiger partial charge in [0.1, 0.15) is 12.1 Å². The Bertz CT molecular complexity index is 1020. The van der Waals surface area contributed by atoms with Gasteiger partial charge in [0.05, 0.1) is 45.1 Å². The predicted octanol–water partition coefficient (Wildman–Crippen LogP) is 1.79. The van der Waals surface area contributed by atoms with Gasteiger partial charge in [0, 0.05) is 23.1 Å². The molecule has 0 fully saturated rings. The monoisotopic (exact) mass is 534 g/mol. The van der Waals surface area contributed by atoms with E-state index in [0.29, 0.717) is 0 Å². The summed E-state index contributed by atoms with van der Waals surface area (Å²) in [6, 6.07) is 10.6. The van der Waals surface area contributed by atoms with Crippen molar-refractivity contribution in [3.05, 3.63) is 58.1 Å². The number of halogens is 1. The number of aliphatic imine (C=N–C) groups is 1. The second-order valence-electron chi connectivity index (χ2n) is 11.0. The van der Waals surface area contributed by atoms with Crippen LogP contribution in [0.3, 0.4) is 0 Å². The molecule has 2 aliphatic rings. The summed E-state index contributed by atoms with van der Waals surface area (Å²) in [5.74, 6) is 1.82. The zero-order valence-electron chi connectivity index (χ0n) is 20.1. The second-order valence-corrected chi connectivity index (χ2v) is 11.0. The van der Waals surface area contributed by atoms with Crippen LogP contribution in [0, 0.1) is 0 Å². The van der Waals surface area contributed by atoms with Gasteiger partial charge < -0.3 is 37.9 Å². The van der Waals surface area contributed by atoms with Crippen LogP contribution in [0.25, 0.3) is 0 Å². The van der Waals surface area contributed by atoms with Crippen molar-refractivity contribution in [2.24, 2.45) is 4.99 Å². The van der Waals surface area contributed by atoms with Gasteiger partial charge in [-0.05, 0) is 39.7 Å². The molecule has 2 heterocycles. The van der Waals surface area contributed by atoms with Gasteiger partial charge in [0.25, 0.3) is 0 Å². The molecule has 2 aromatic carbocycles. The van der Waals surface area contributed by atoms with E-state index >= 15 is 0 Å². The van der Waals surface area contributed by atoms with Crippen LogP contribution in [0.1, 0.15) is 55.5 Å². The Kier molecular flexibility index (Phi) is 6.26. The van der Waals surface area contributed by atoms with Crippen molar-refractivity contribution in [2.45, 2.75) is 58.2 Å². The molecule has 0 N–H and O–H groups in total. The summed E-state index contributed by atoms with van der Waals surface area (Å²) in [4.78, 5) is 5.26. The number of nitrogens with zero attached hydrogens (tertiary/aromatic N) is 2. The van der Waals surface area contributed by atoms with Crippen molar-refractivity contribution >= 4 is 5.71 Å². The average Bonchev–Trinajstić information content (AvgIpc) is 2.95. The summed E-state index contributed by atoms with van der Waals surface area (Å²) in [5.41, 5.74) is 6.97. The van der Waals surface area contributed by atoms with Gasteiger partial charge in [0.2, 0.25) is 0 Å². The van der Waals surface area contributed by atoms with Crippen molar-refractivity contribution < 1.29 is 37.9 Å². The lowest BCUT2D eigenvalue weighted by molar-refractivity contribution is -0.884. The van der Waals surface area contributed by atoms with Crippen LogP contribution >= 0.6 is 0 Å². The van der Waals surface area contributed by atoms with Gasteiger partial charge >= 0.3 is 0 Å². The minimum atomic E-state index is -0.257. The molecule has 2 aromatic rings. The summed E-state index contributed by atoms with van der Waals surface area (Å²) >= 11 is 0. The molecule has 31 heavy (non-hydrogen) atoms. The molecule has 0 spiro atoms. The van der Waals surface area contributed by atoms with Crippen LogP contribution in [-0.4, -0.2) is 49.6 Å². The first-order valence-electron chi connectivity index (χ1n) is 10.8. The van der Waals surface area contributed by atoms with E-state index in [1.807, 2.05) is 0 Å². The SMILES string of the molecule is COc1c(C[N+](C)(C)C)c2c(c3c1OC(C)(C)C3)C(c1ccccc1)=NC(C)(C)C2.[I-]. The van der Waals surface area contributed by atoms with Crippen LogP contribution in [0.4, 0.5) is 0 Å². The summed E-state index contributed by atoms with van der Waals surface area (Å²) in [5, 5.41) is 0. The van der Waals surface area contributed by atoms with Crippen molar-refractivity contribution in [2.75, 3.05) is 28.3 Å². The van der Waals surface area contributed by atoms with Crippen LogP contribution in [0.5, 0.6) is 11.5 Å². The third-order valence-corrected chi connectivity index (χ3v) is 5.85. The van der Waals surface area contributed by atoms with Gasteiger partial charge in [0.15, 0.2) is 11.5 Å². The average molecular weight is 534 g/mol. The number of benzene rings is 2. The molecular weight excluding hydrogens is 499 g/mol. The Morgan fingerprint density at radius 2 is 1.65 bits per heavy atom. The first-order chi connectivity index (χ1) is 13.9. The third kappa shape index (κ3) is 4.63. The van der Waals surface area contributed by atoms with Gasteiger partial charge in [-0.15, -0.1) is 0 Å². The molecule has 2 aliphatic heterocycles. The fourth-order valence-corrected chi connectivity index (χ4v) is 4.85. The summed E-state index contributed by atoms with van der Waals surface area (Å²) in [6.07, 6.45) is 1.76. The Balaban J connectivity index is 0.00000272. The van der Waals surface area contributed by atoms with E-state index in [1.165, 1.54) is 27.8 Å². The molecule has 168 valence electrons. The largest absolute Gasteiger partial charge is 1.00 e. The molecule has 0 saturated heterocycles. The van der Waals surface area contributed by atoms with Crippen LogP contribution in [0.2, 0.25) is 0 Å². The van der Waals surface area contributed by atoms with Crippen molar-refractivity contribution in [3.63, 3.8) is 0 Å². The smallest absolute Gasteiger partial charge is 0.170 e. The van der Waals surface area contributed by atoms with E-state index in [4.69, 9.17) is 14.5 Å². The Hall–Kier alpha value is -1.60. The lowest BCUT2D eigenvalue weighted by Crippen LogP contribution is -3.00. The number of rotatable bonds is 4. The predicted molar refractivity (Wildman–Crippen MR) is 123 cm³/mol. The molecule has 0 aliphatic carbocycles. The van der Waals surface area contributed by atoms with Gasteiger partial charge in [-0.2, -0.15) is 0 Å². The molecule has 0 radical (unpaired) electrons. The molecule has 0 saturated carbocycles. The highest BCUT2D eigenvalue weighted by atomic mass is 127. The summed E-state index contributed by atoms with van der Waals surface area (Å²) in [7, 11) is 8.45. The highest BCUT2D eigenvalue weighted by molar-refractivity contribution is 6.16. The Labute approximate surface area is 204 Å². The number of quaternary nitrogens is 1. The van der Waals surface area contributed by atoms with Crippen molar-refractivity contribution in [3.8, 4) is 11.5 Å². The highest BCUT2D eigenvalue weighted by Gasteiger charge is 2.42. The molecule has 4 nitrogen and oxygen atoms in total. The maximum Gasteiger partial charge on any atom is 0.170 e. The van der Waals surface area contributed by atoms with E-state index in [9.17, 15) is 0 Å². The van der Waals surface area contributed by atoms with E-state index in [1.54, 1.807) is 7.11 Å². The van der Waals surface area contributed by atoms with Gasteiger partial charge in [-0.1, -0.05) is 30.3 Å². The van der Waals surface area contributed by atoms with Crippen LogP contribution in [-0.2, 0) is 19.4 Å². The second kappa shape index (κ2) is 8.07. The molecule has 0 amide bonds. The zero-order valence-corrected chi connectivity index (χ0v) is 22.3. The zero-order chi connectivity index (χ0) is 21.9. The molecule has 0 bridgehead atoms. The number of fused-ring (bicyclic) bond motifs is 3. The lowest BCUT2D eigenvalue weighted by atomic mass is 9.78. The number of hydrogen-bond donors (Lipinski definition) is 0. The van der Waals surface area contributed by atoms with Crippen molar-refractivity contribution in [1.29, 1.82) is 0 Å². The third-order valence-electron chi connectivity index (χ3n) is 5.85. The van der Waals surface area contributed by atoms with E-state index < -0.39 is 0 Å². The molecule has 0 atom stereocenters. The number of hydrogen-bond acceptors (Lipinski definition) is 3. The number of ether oxygens (including phenoxy) is 2. The fourth-order valence-electron chi connectivity index (χ4n) is 4.85. The Morgan fingerprint density at radius 3 is 2.23 bits per heavy atom. The number of methoxy groups -OCH3 is 1. The van der Waals surface area contributed by atoms with Gasteiger partial charge in [-0.25, -0.2) is 0 Å². The van der Waals surface area contributed by atoms with Gasteiger partial charge in [-0.3, -0.25) is 4.99 Å². The first-order valence-corrected chi connectivity index (χ1v) is 10.8. The lowest BCUT2D eigenvalue weighted by Gasteiger charge is -2.34. The molecule has 4 rings (SSSR count). The van der Waals surface area contributed by atoms with Crippen molar-refractivity contribution in [1.82, 2.24) is 0 Å². The standard InChI is InChI=1S/C26H35N2O2.HI/c1-25(2)14-18-20(16-28(5,6)7)23(29-8)24-19(15-26(3,4)30-24)21(18)22(27-25)17-12-10-9-11-13-17;/h9-13H,14-16H2,1-8H3;1H/q+1;/p-1. The van der Waals surface area contributed by atoms with E-state index in [-0.39, 0.29) is 35.1 Å². The fraction of sp³-hybridized carbons (Fsp3) is 0.500. The quantitative estimate of drug-likeness (QED) is 0.443. The first kappa shape index (κ1) is 24.1. The van der Waals surface area contributed by atoms with E-state index in [2.05, 4.69) is 79.2 Å². The molecule has 0 aromatic heterocycles. The molecule has 0 unspecified atom stereocenters. The summed E-state index contributed by atoms with van der Waals surface area (Å²) < 4.78 is 13.3. The van der Waals surface area contributed by atoms with E-state index in [0.717, 1.165) is 41.1 Å². The maximum absolute atomic E-state index is 6.49.